The van der Waals surface area contributed by atoms with E-state index in [0.29, 0.717) is 5.82 Å². The van der Waals surface area contributed by atoms with Gasteiger partial charge in [-0.15, -0.1) is 0 Å². The lowest BCUT2D eigenvalue weighted by Crippen LogP contribution is -2.49. The van der Waals surface area contributed by atoms with E-state index in [1.165, 1.54) is 4.68 Å². The van der Waals surface area contributed by atoms with E-state index in [2.05, 4.69) is 15.1 Å². The standard InChI is InChI=1S/C11H11N5O2/c12-9(11(17)18)7-16-5-2-8(6-15-16)10-13-3-1-4-14-10/h1-6,9H,7,12H2/p+1/t9-/m0/s1. The van der Waals surface area contributed by atoms with Gasteiger partial charge in [-0.25, -0.2) is 9.97 Å². The SMILES string of the molecule is N[C@@H](C[n+]1ccc(-c2ncccn2)cn1)C(=O)O. The van der Waals surface area contributed by atoms with Gasteiger partial charge in [0.15, 0.2) is 24.6 Å². The van der Waals surface area contributed by atoms with Gasteiger partial charge in [0, 0.05) is 24.0 Å². The number of aromatic nitrogens is 4. The number of carboxylic acid groups (broad SMARTS) is 1. The van der Waals surface area contributed by atoms with Crippen molar-refractivity contribution >= 4 is 5.97 Å². The molecule has 7 heteroatoms. The first-order valence-corrected chi connectivity index (χ1v) is 5.28. The third kappa shape index (κ3) is 2.83. The molecule has 7 nitrogen and oxygen atoms in total. The smallest absolute Gasteiger partial charge is 0.327 e. The fourth-order valence-corrected chi connectivity index (χ4v) is 1.35. The molecule has 0 spiro atoms. The highest BCUT2D eigenvalue weighted by atomic mass is 16.4. The predicted molar refractivity (Wildman–Crippen MR) is 61.1 cm³/mol. The molecule has 0 fully saturated rings. The van der Waals surface area contributed by atoms with Crippen molar-refractivity contribution in [2.24, 2.45) is 5.73 Å². The number of carboxylic acids is 1. The lowest BCUT2D eigenvalue weighted by atomic mass is 10.3. The van der Waals surface area contributed by atoms with Crippen LogP contribution in [0.15, 0.2) is 36.9 Å². The van der Waals surface area contributed by atoms with Crippen LogP contribution in [0.1, 0.15) is 0 Å². The van der Waals surface area contributed by atoms with Crippen molar-refractivity contribution in [1.82, 2.24) is 15.1 Å². The van der Waals surface area contributed by atoms with Crippen LogP contribution in [-0.4, -0.2) is 32.2 Å². The van der Waals surface area contributed by atoms with Crippen LogP contribution in [0.5, 0.6) is 0 Å². The number of rotatable bonds is 4. The van der Waals surface area contributed by atoms with Gasteiger partial charge in [-0.05, 0) is 11.2 Å². The zero-order chi connectivity index (χ0) is 13.0. The quantitative estimate of drug-likeness (QED) is 0.687. The molecule has 2 aromatic heterocycles. The van der Waals surface area contributed by atoms with Crippen molar-refractivity contribution in [1.29, 1.82) is 0 Å². The maximum absolute atomic E-state index is 10.6. The number of nitrogens with two attached hydrogens (primary N) is 1. The van der Waals surface area contributed by atoms with Crippen molar-refractivity contribution in [3.63, 3.8) is 0 Å². The Hall–Kier alpha value is -2.41. The molecule has 2 heterocycles. The lowest BCUT2D eigenvalue weighted by molar-refractivity contribution is -0.754. The minimum Gasteiger partial charge on any atom is -0.480 e. The molecule has 2 rings (SSSR count). The van der Waals surface area contributed by atoms with Gasteiger partial charge < -0.3 is 10.8 Å². The van der Waals surface area contributed by atoms with Gasteiger partial charge in [0.2, 0.25) is 0 Å². The number of hydrogen-bond acceptors (Lipinski definition) is 5. The van der Waals surface area contributed by atoms with Gasteiger partial charge in [-0.1, -0.05) is 4.68 Å². The van der Waals surface area contributed by atoms with Crippen molar-refractivity contribution in [2.45, 2.75) is 12.6 Å². The Morgan fingerprint density at radius 3 is 2.72 bits per heavy atom. The van der Waals surface area contributed by atoms with E-state index in [0.717, 1.165) is 5.56 Å². The van der Waals surface area contributed by atoms with Crippen LogP contribution in [0.2, 0.25) is 0 Å². The van der Waals surface area contributed by atoms with Crippen LogP contribution >= 0.6 is 0 Å². The lowest BCUT2D eigenvalue weighted by Gasteiger charge is -2.01. The second-order valence-electron chi connectivity index (χ2n) is 3.65. The average molecular weight is 246 g/mol. The monoisotopic (exact) mass is 246 g/mol. The maximum atomic E-state index is 10.6. The summed E-state index contributed by atoms with van der Waals surface area (Å²) in [6.45, 7) is 0.116. The highest BCUT2D eigenvalue weighted by Gasteiger charge is 2.18. The summed E-state index contributed by atoms with van der Waals surface area (Å²) in [5.74, 6) is -0.487. The maximum Gasteiger partial charge on any atom is 0.327 e. The van der Waals surface area contributed by atoms with Crippen LogP contribution < -0.4 is 10.4 Å². The molecule has 18 heavy (non-hydrogen) atoms. The van der Waals surface area contributed by atoms with E-state index in [1.54, 1.807) is 36.9 Å². The number of aliphatic carboxylic acids is 1. The van der Waals surface area contributed by atoms with Crippen molar-refractivity contribution in [2.75, 3.05) is 0 Å². The summed E-state index contributed by atoms with van der Waals surface area (Å²) >= 11 is 0. The first-order valence-electron chi connectivity index (χ1n) is 5.28. The van der Waals surface area contributed by atoms with Crippen LogP contribution in [0.3, 0.4) is 0 Å². The van der Waals surface area contributed by atoms with Crippen LogP contribution in [0.25, 0.3) is 11.4 Å². The second-order valence-corrected chi connectivity index (χ2v) is 3.65. The van der Waals surface area contributed by atoms with Crippen LogP contribution in [0, 0.1) is 0 Å². The first-order chi connectivity index (χ1) is 8.66. The zero-order valence-electron chi connectivity index (χ0n) is 9.47. The molecule has 0 unspecified atom stereocenters. The van der Waals surface area contributed by atoms with E-state index in [9.17, 15) is 4.79 Å². The van der Waals surface area contributed by atoms with E-state index in [1.807, 2.05) is 0 Å². The molecule has 3 N–H and O–H groups in total. The summed E-state index contributed by atoms with van der Waals surface area (Å²) in [5, 5.41) is 12.8. The van der Waals surface area contributed by atoms with Crippen molar-refractivity contribution < 1.29 is 14.6 Å². The summed E-state index contributed by atoms with van der Waals surface area (Å²) < 4.78 is 1.46. The number of carbonyl (C=O) groups is 1. The fraction of sp³-hybridized carbons (Fsp3) is 0.182. The Kier molecular flexibility index (Phi) is 3.54. The van der Waals surface area contributed by atoms with Gasteiger partial charge in [-0.2, -0.15) is 0 Å². The summed E-state index contributed by atoms with van der Waals surface area (Å²) in [4.78, 5) is 18.8. The molecule has 0 saturated carbocycles. The topological polar surface area (TPSA) is 106 Å². The largest absolute Gasteiger partial charge is 0.480 e. The predicted octanol–water partition coefficient (Wildman–Crippen LogP) is -0.762. The van der Waals surface area contributed by atoms with Crippen LogP contribution in [0.4, 0.5) is 0 Å². The molecule has 92 valence electrons. The highest BCUT2D eigenvalue weighted by Crippen LogP contribution is 2.08. The second kappa shape index (κ2) is 5.28. The molecule has 0 bridgehead atoms. The summed E-state index contributed by atoms with van der Waals surface area (Å²) in [5.41, 5.74) is 6.17. The Labute approximate surface area is 103 Å². The van der Waals surface area contributed by atoms with Gasteiger partial charge in [0.05, 0.1) is 0 Å². The average Bonchev–Trinajstić information content (AvgIpc) is 2.40. The van der Waals surface area contributed by atoms with Gasteiger partial charge in [0.25, 0.3) is 0 Å². The molecule has 0 amide bonds. The third-order valence-corrected chi connectivity index (χ3v) is 2.30. The van der Waals surface area contributed by atoms with E-state index in [4.69, 9.17) is 10.8 Å². The van der Waals surface area contributed by atoms with Gasteiger partial charge in [-0.3, -0.25) is 4.79 Å². The number of hydrogen-bond donors (Lipinski definition) is 2. The van der Waals surface area contributed by atoms with E-state index in [-0.39, 0.29) is 6.54 Å². The Morgan fingerprint density at radius 1 is 1.44 bits per heavy atom. The molecule has 0 aromatic carbocycles. The summed E-state index contributed by atoms with van der Waals surface area (Å²) in [6.07, 6.45) is 6.51. The molecule has 1 atom stereocenters. The summed E-state index contributed by atoms with van der Waals surface area (Å²) in [6, 6.07) is 2.52. The Morgan fingerprint density at radius 2 is 2.17 bits per heavy atom. The van der Waals surface area contributed by atoms with Gasteiger partial charge in [0.1, 0.15) is 6.20 Å². The molecule has 0 aliphatic carbocycles. The van der Waals surface area contributed by atoms with Crippen LogP contribution in [-0.2, 0) is 11.3 Å². The molecular formula is C11H12N5O2+. The van der Waals surface area contributed by atoms with E-state index < -0.39 is 12.0 Å². The highest BCUT2D eigenvalue weighted by molar-refractivity contribution is 5.72. The van der Waals surface area contributed by atoms with Crippen molar-refractivity contribution in [3.8, 4) is 11.4 Å². The minimum atomic E-state index is -1.06. The molecular weight excluding hydrogens is 234 g/mol. The first kappa shape index (κ1) is 12.1. The minimum absolute atomic E-state index is 0.116. The Balaban J connectivity index is 2.13. The van der Waals surface area contributed by atoms with E-state index >= 15 is 0 Å². The molecule has 0 saturated heterocycles. The third-order valence-electron chi connectivity index (χ3n) is 2.30. The molecule has 0 radical (unpaired) electrons. The molecule has 0 aliphatic heterocycles. The molecule has 2 aromatic rings. The molecule has 0 aliphatic rings. The normalized spacial score (nSPS) is 12.1. The number of nitrogens with zero attached hydrogens (tertiary/aromatic N) is 4. The fourth-order valence-electron chi connectivity index (χ4n) is 1.35. The summed E-state index contributed by atoms with van der Waals surface area (Å²) in [7, 11) is 0. The van der Waals surface area contributed by atoms with Crippen molar-refractivity contribution in [3.05, 3.63) is 36.9 Å². The zero-order valence-corrected chi connectivity index (χ0v) is 9.47. The van der Waals surface area contributed by atoms with Gasteiger partial charge >= 0.3 is 5.97 Å². The Bertz CT molecular complexity index is 529.